The van der Waals surface area contributed by atoms with Crippen LogP contribution in [0.15, 0.2) is 18.2 Å². The van der Waals surface area contributed by atoms with Gasteiger partial charge in [-0.2, -0.15) is 0 Å². The predicted molar refractivity (Wildman–Crippen MR) is 70.4 cm³/mol. The van der Waals surface area contributed by atoms with Gasteiger partial charge in [0.1, 0.15) is 5.60 Å². The molecule has 1 N–H and O–H groups in total. The lowest BCUT2D eigenvalue weighted by atomic mass is 10.1. The third-order valence-electron chi connectivity index (χ3n) is 2.23. The SMILES string of the molecule is Cc1ccc(C)c(NC(=O)C(=O)OC(C)(C)C)c1. The number of amides is 1. The van der Waals surface area contributed by atoms with Gasteiger partial charge in [-0.05, 0) is 51.8 Å². The summed E-state index contributed by atoms with van der Waals surface area (Å²) in [5.41, 5.74) is 1.87. The fourth-order valence-corrected chi connectivity index (χ4v) is 1.37. The maximum Gasteiger partial charge on any atom is 0.397 e. The molecule has 0 unspecified atom stereocenters. The molecular formula is C14H19NO3. The Hall–Kier alpha value is -1.84. The van der Waals surface area contributed by atoms with E-state index in [1.54, 1.807) is 20.8 Å². The Kier molecular flexibility index (Phi) is 4.11. The summed E-state index contributed by atoms with van der Waals surface area (Å²) in [6, 6.07) is 5.65. The van der Waals surface area contributed by atoms with Gasteiger partial charge in [0.25, 0.3) is 0 Å². The molecule has 0 spiro atoms. The Labute approximate surface area is 107 Å². The summed E-state index contributed by atoms with van der Waals surface area (Å²) >= 11 is 0. The summed E-state index contributed by atoms with van der Waals surface area (Å²) < 4.78 is 4.99. The molecule has 1 aromatic carbocycles. The molecule has 0 fully saturated rings. The molecule has 0 bridgehead atoms. The number of aryl methyl sites for hydroxylation is 2. The van der Waals surface area contributed by atoms with E-state index in [1.165, 1.54) is 0 Å². The van der Waals surface area contributed by atoms with Crippen molar-refractivity contribution in [1.29, 1.82) is 0 Å². The van der Waals surface area contributed by atoms with E-state index in [2.05, 4.69) is 5.32 Å². The summed E-state index contributed by atoms with van der Waals surface area (Å²) in [5.74, 6) is -1.62. The van der Waals surface area contributed by atoms with Gasteiger partial charge < -0.3 is 10.1 Å². The average Bonchev–Trinajstić information content (AvgIpc) is 2.21. The van der Waals surface area contributed by atoms with Gasteiger partial charge in [0.05, 0.1) is 0 Å². The number of ether oxygens (including phenoxy) is 1. The first kappa shape index (κ1) is 14.2. The zero-order valence-corrected chi connectivity index (χ0v) is 11.5. The van der Waals surface area contributed by atoms with Crippen molar-refractivity contribution >= 4 is 17.6 Å². The highest BCUT2D eigenvalue weighted by molar-refractivity contribution is 6.37. The number of carbonyl (C=O) groups is 2. The van der Waals surface area contributed by atoms with Crippen LogP contribution in [0.1, 0.15) is 31.9 Å². The minimum atomic E-state index is -0.872. The minimum Gasteiger partial charge on any atom is -0.453 e. The van der Waals surface area contributed by atoms with Crippen LogP contribution < -0.4 is 5.32 Å². The lowest BCUT2D eigenvalue weighted by molar-refractivity contribution is -0.161. The van der Waals surface area contributed by atoms with Crippen molar-refractivity contribution < 1.29 is 14.3 Å². The van der Waals surface area contributed by atoms with Gasteiger partial charge in [-0.15, -0.1) is 0 Å². The van der Waals surface area contributed by atoms with Crippen molar-refractivity contribution in [3.05, 3.63) is 29.3 Å². The highest BCUT2D eigenvalue weighted by Crippen LogP contribution is 2.16. The monoisotopic (exact) mass is 249 g/mol. The van der Waals surface area contributed by atoms with Crippen molar-refractivity contribution in [3.63, 3.8) is 0 Å². The number of benzene rings is 1. The van der Waals surface area contributed by atoms with Crippen LogP contribution in [-0.4, -0.2) is 17.5 Å². The van der Waals surface area contributed by atoms with E-state index in [0.717, 1.165) is 11.1 Å². The van der Waals surface area contributed by atoms with E-state index in [1.807, 2.05) is 32.0 Å². The van der Waals surface area contributed by atoms with Crippen LogP contribution >= 0.6 is 0 Å². The molecule has 0 aliphatic rings. The Morgan fingerprint density at radius 2 is 1.78 bits per heavy atom. The quantitative estimate of drug-likeness (QED) is 0.614. The molecule has 0 radical (unpaired) electrons. The van der Waals surface area contributed by atoms with E-state index in [9.17, 15) is 9.59 Å². The van der Waals surface area contributed by atoms with Gasteiger partial charge in [-0.1, -0.05) is 12.1 Å². The van der Waals surface area contributed by atoms with Crippen molar-refractivity contribution in [1.82, 2.24) is 0 Å². The van der Waals surface area contributed by atoms with E-state index < -0.39 is 17.5 Å². The minimum absolute atomic E-state index is 0.630. The molecule has 0 saturated carbocycles. The second-order valence-corrected chi connectivity index (χ2v) is 5.27. The van der Waals surface area contributed by atoms with Crippen LogP contribution in [0.2, 0.25) is 0 Å². The molecule has 0 aromatic heterocycles. The lowest BCUT2D eigenvalue weighted by Gasteiger charge is -2.19. The number of hydrogen-bond donors (Lipinski definition) is 1. The Morgan fingerprint density at radius 1 is 1.17 bits per heavy atom. The molecular weight excluding hydrogens is 230 g/mol. The smallest absolute Gasteiger partial charge is 0.397 e. The molecule has 0 atom stereocenters. The Bertz CT molecular complexity index is 472. The van der Waals surface area contributed by atoms with E-state index >= 15 is 0 Å². The van der Waals surface area contributed by atoms with Crippen LogP contribution in [0.25, 0.3) is 0 Å². The molecule has 1 aromatic rings. The number of esters is 1. The second-order valence-electron chi connectivity index (χ2n) is 5.27. The highest BCUT2D eigenvalue weighted by atomic mass is 16.6. The molecule has 0 aliphatic heterocycles. The molecule has 0 saturated heterocycles. The van der Waals surface area contributed by atoms with Gasteiger partial charge in [0, 0.05) is 5.69 Å². The number of hydrogen-bond acceptors (Lipinski definition) is 3. The Balaban J connectivity index is 2.76. The summed E-state index contributed by atoms with van der Waals surface area (Å²) in [6.07, 6.45) is 0. The summed E-state index contributed by atoms with van der Waals surface area (Å²) in [4.78, 5) is 23.2. The zero-order valence-electron chi connectivity index (χ0n) is 11.5. The molecule has 1 amide bonds. The van der Waals surface area contributed by atoms with E-state index in [0.29, 0.717) is 5.69 Å². The molecule has 1 rings (SSSR count). The van der Waals surface area contributed by atoms with Gasteiger partial charge in [-0.3, -0.25) is 4.79 Å². The maximum absolute atomic E-state index is 11.7. The van der Waals surface area contributed by atoms with Gasteiger partial charge in [0.15, 0.2) is 0 Å². The fraction of sp³-hybridized carbons (Fsp3) is 0.429. The topological polar surface area (TPSA) is 55.4 Å². The maximum atomic E-state index is 11.7. The molecule has 18 heavy (non-hydrogen) atoms. The van der Waals surface area contributed by atoms with Crippen LogP contribution in [0.5, 0.6) is 0 Å². The van der Waals surface area contributed by atoms with Crippen molar-refractivity contribution in [2.24, 2.45) is 0 Å². The molecule has 0 aliphatic carbocycles. The molecule has 0 heterocycles. The van der Waals surface area contributed by atoms with Gasteiger partial charge in [0.2, 0.25) is 0 Å². The van der Waals surface area contributed by atoms with Crippen LogP contribution in [0.4, 0.5) is 5.69 Å². The second kappa shape index (κ2) is 5.21. The molecule has 98 valence electrons. The summed E-state index contributed by atoms with van der Waals surface area (Å²) in [5, 5.41) is 2.56. The van der Waals surface area contributed by atoms with Crippen molar-refractivity contribution in [2.45, 2.75) is 40.2 Å². The third kappa shape index (κ3) is 4.20. The number of rotatable bonds is 1. The van der Waals surface area contributed by atoms with Crippen molar-refractivity contribution in [2.75, 3.05) is 5.32 Å². The van der Waals surface area contributed by atoms with Crippen LogP contribution in [0.3, 0.4) is 0 Å². The van der Waals surface area contributed by atoms with Gasteiger partial charge >= 0.3 is 11.9 Å². The largest absolute Gasteiger partial charge is 0.453 e. The summed E-state index contributed by atoms with van der Waals surface area (Å²) in [7, 11) is 0. The predicted octanol–water partition coefficient (Wildman–Crippen LogP) is 2.58. The molecule has 4 nitrogen and oxygen atoms in total. The first-order valence-electron chi connectivity index (χ1n) is 5.80. The standard InChI is InChI=1S/C14H19NO3/c1-9-6-7-10(2)11(8-9)15-12(16)13(17)18-14(3,4)5/h6-8H,1-5H3,(H,15,16). The van der Waals surface area contributed by atoms with E-state index in [4.69, 9.17) is 4.74 Å². The zero-order chi connectivity index (χ0) is 13.9. The summed E-state index contributed by atoms with van der Waals surface area (Å²) in [6.45, 7) is 8.94. The first-order valence-corrected chi connectivity index (χ1v) is 5.80. The number of carbonyl (C=O) groups excluding carboxylic acids is 2. The normalized spacial score (nSPS) is 10.9. The van der Waals surface area contributed by atoms with Crippen LogP contribution in [0, 0.1) is 13.8 Å². The third-order valence-corrected chi connectivity index (χ3v) is 2.23. The number of nitrogens with one attached hydrogen (secondary N) is 1. The van der Waals surface area contributed by atoms with Crippen LogP contribution in [-0.2, 0) is 14.3 Å². The fourth-order valence-electron chi connectivity index (χ4n) is 1.37. The Morgan fingerprint density at radius 3 is 2.33 bits per heavy atom. The number of anilines is 1. The lowest BCUT2D eigenvalue weighted by Crippen LogP contribution is -2.32. The average molecular weight is 249 g/mol. The van der Waals surface area contributed by atoms with E-state index in [-0.39, 0.29) is 0 Å². The first-order chi connectivity index (χ1) is 8.19. The highest BCUT2D eigenvalue weighted by Gasteiger charge is 2.23. The van der Waals surface area contributed by atoms with Gasteiger partial charge in [-0.25, -0.2) is 4.79 Å². The molecule has 4 heteroatoms. The van der Waals surface area contributed by atoms with Crippen molar-refractivity contribution in [3.8, 4) is 0 Å².